The summed E-state index contributed by atoms with van der Waals surface area (Å²) in [6, 6.07) is 0. The van der Waals surface area contributed by atoms with Crippen molar-refractivity contribution in [2.75, 3.05) is 0 Å². The van der Waals surface area contributed by atoms with Crippen LogP contribution < -0.4 is 0 Å². The topological polar surface area (TPSA) is 93.0 Å². The van der Waals surface area contributed by atoms with Crippen molar-refractivity contribution in [3.63, 3.8) is 0 Å². The summed E-state index contributed by atoms with van der Waals surface area (Å²) in [6.45, 7) is 3.62. The van der Waals surface area contributed by atoms with Crippen LogP contribution in [0.2, 0.25) is 0 Å². The van der Waals surface area contributed by atoms with E-state index in [1.807, 2.05) is 6.92 Å². The number of nitrogens with one attached hydrogen (secondary N) is 2. The number of allylic oxidation sites excluding steroid dienone is 2. The lowest BCUT2D eigenvalue weighted by Gasteiger charge is -1.98. The Labute approximate surface area is 82.2 Å². The molecule has 6 heteroatoms. The van der Waals surface area contributed by atoms with E-state index in [0.29, 0.717) is 11.4 Å². The predicted molar refractivity (Wildman–Crippen MR) is 54.9 cm³/mol. The Bertz CT molecular complexity index is 370. The van der Waals surface area contributed by atoms with Crippen LogP contribution in [0.4, 0.5) is 0 Å². The molecule has 0 saturated heterocycles. The van der Waals surface area contributed by atoms with Crippen molar-refractivity contribution in [1.82, 2.24) is 9.97 Å². The largest absolute Gasteiger partial charge is 0.507 e. The molecule has 1 aromatic rings. The first-order chi connectivity index (χ1) is 6.50. The highest BCUT2D eigenvalue weighted by atomic mass is 16.4. The summed E-state index contributed by atoms with van der Waals surface area (Å²) in [5.41, 5.74) is 1.36. The molecule has 4 N–H and O–H groups in total. The number of hydrogen-bond donors (Lipinski definition) is 4. The Balaban J connectivity index is 2.84. The number of rotatable bonds is 3. The zero-order chi connectivity index (χ0) is 10.7. The van der Waals surface area contributed by atoms with Crippen molar-refractivity contribution >= 4 is 18.3 Å². The summed E-state index contributed by atoms with van der Waals surface area (Å²) < 4.78 is 0. The van der Waals surface area contributed by atoms with Gasteiger partial charge in [0.2, 0.25) is 0 Å². The maximum absolute atomic E-state index is 8.68. The maximum atomic E-state index is 8.68. The number of aromatic amines is 1. The highest BCUT2D eigenvalue weighted by molar-refractivity contribution is 6.81. The van der Waals surface area contributed by atoms with Crippen LogP contribution in [0.5, 0.6) is 0 Å². The van der Waals surface area contributed by atoms with E-state index in [-0.39, 0.29) is 5.61 Å². The van der Waals surface area contributed by atoms with Gasteiger partial charge >= 0.3 is 7.12 Å². The van der Waals surface area contributed by atoms with Gasteiger partial charge in [0.1, 0.15) is 5.82 Å². The minimum absolute atomic E-state index is 0.253. The van der Waals surface area contributed by atoms with Crippen LogP contribution in [0.25, 0.3) is 5.57 Å². The third-order valence-electron chi connectivity index (χ3n) is 1.73. The van der Waals surface area contributed by atoms with E-state index in [4.69, 9.17) is 15.5 Å². The highest BCUT2D eigenvalue weighted by Crippen LogP contribution is 2.09. The van der Waals surface area contributed by atoms with E-state index >= 15 is 0 Å². The average Bonchev–Trinajstić information content (AvgIpc) is 2.51. The number of aromatic nitrogens is 2. The molecule has 0 aliphatic heterocycles. The smallest absolute Gasteiger partial charge is 0.422 e. The molecule has 0 amide bonds. The molecule has 74 valence electrons. The van der Waals surface area contributed by atoms with Crippen LogP contribution in [-0.2, 0) is 0 Å². The van der Waals surface area contributed by atoms with Crippen LogP contribution in [0, 0.1) is 12.3 Å². The van der Waals surface area contributed by atoms with Crippen molar-refractivity contribution < 1.29 is 10.0 Å². The maximum Gasteiger partial charge on any atom is 0.507 e. The Hall–Kier alpha value is -1.40. The van der Waals surface area contributed by atoms with Gasteiger partial charge in [-0.1, -0.05) is 0 Å². The molecule has 0 unspecified atom stereocenters. The molecule has 0 saturated carbocycles. The first-order valence-electron chi connectivity index (χ1n) is 4.15. The highest BCUT2D eigenvalue weighted by Gasteiger charge is 2.13. The van der Waals surface area contributed by atoms with Crippen molar-refractivity contribution in [2.24, 2.45) is 0 Å². The zero-order valence-corrected chi connectivity index (χ0v) is 8.07. The van der Waals surface area contributed by atoms with Crippen molar-refractivity contribution in [3.8, 4) is 0 Å². The fraction of sp³-hybridized carbons (Fsp3) is 0.250. The van der Waals surface area contributed by atoms with Gasteiger partial charge in [-0.2, -0.15) is 0 Å². The monoisotopic (exact) mass is 193 g/mol. The number of aryl methyl sites for hydroxylation is 1. The van der Waals surface area contributed by atoms with Gasteiger partial charge in [0.25, 0.3) is 0 Å². The van der Waals surface area contributed by atoms with Crippen LogP contribution >= 0.6 is 0 Å². The molecule has 0 bridgehead atoms. The fourth-order valence-corrected chi connectivity index (χ4v) is 0.989. The van der Waals surface area contributed by atoms with Gasteiger partial charge in [-0.05, 0) is 25.5 Å². The summed E-state index contributed by atoms with van der Waals surface area (Å²) in [6.07, 6.45) is 3.04. The molecule has 1 aromatic heterocycles. The molecule has 5 nitrogen and oxygen atoms in total. The Morgan fingerprint density at radius 3 is 2.71 bits per heavy atom. The van der Waals surface area contributed by atoms with Gasteiger partial charge in [-0.15, -0.1) is 0 Å². The molecular weight excluding hydrogens is 181 g/mol. The molecule has 0 atom stereocenters. The second-order valence-electron chi connectivity index (χ2n) is 3.07. The molecule has 0 radical (unpaired) electrons. The predicted octanol–water partition coefficient (Wildman–Crippen LogP) is 0.153. The number of imidazole rings is 1. The first-order valence-corrected chi connectivity index (χ1v) is 4.15. The lowest BCUT2D eigenvalue weighted by Crippen LogP contribution is -2.22. The van der Waals surface area contributed by atoms with Crippen LogP contribution in [0.3, 0.4) is 0 Å². The lowest BCUT2D eigenvalue weighted by molar-refractivity contribution is 0.430. The summed E-state index contributed by atoms with van der Waals surface area (Å²) in [4.78, 5) is 7.03. The second kappa shape index (κ2) is 4.21. The van der Waals surface area contributed by atoms with Gasteiger partial charge in [0, 0.05) is 11.9 Å². The van der Waals surface area contributed by atoms with Crippen molar-refractivity contribution in [2.45, 2.75) is 13.8 Å². The summed E-state index contributed by atoms with van der Waals surface area (Å²) in [5.74, 6) is 0.632. The van der Waals surface area contributed by atoms with E-state index in [1.165, 1.54) is 6.08 Å². The van der Waals surface area contributed by atoms with E-state index in [9.17, 15) is 0 Å². The third kappa shape index (κ3) is 2.55. The third-order valence-corrected chi connectivity index (χ3v) is 1.73. The van der Waals surface area contributed by atoms with Crippen molar-refractivity contribution in [1.29, 1.82) is 5.41 Å². The standard InChI is InChI=1S/C8H12BN3O2/c1-5(3-7(10)9(13)14)8-11-4-6(2)12-8/h3-4,10,13-14H,1-2H3,(H,11,12)/b5-3-,10-7?. The van der Waals surface area contributed by atoms with E-state index < -0.39 is 7.12 Å². The van der Waals surface area contributed by atoms with Crippen LogP contribution in [-0.4, -0.2) is 32.7 Å². The van der Waals surface area contributed by atoms with Crippen molar-refractivity contribution in [3.05, 3.63) is 23.8 Å². The molecule has 1 heterocycles. The minimum atomic E-state index is -1.74. The zero-order valence-electron chi connectivity index (χ0n) is 8.07. The van der Waals surface area contributed by atoms with Crippen LogP contribution in [0.15, 0.2) is 12.3 Å². The Morgan fingerprint density at radius 2 is 2.29 bits per heavy atom. The summed E-state index contributed by atoms with van der Waals surface area (Å²) in [5, 5.41) is 24.6. The van der Waals surface area contributed by atoms with Gasteiger partial charge in [-0.25, -0.2) is 4.98 Å². The summed E-state index contributed by atoms with van der Waals surface area (Å²) >= 11 is 0. The fourth-order valence-electron chi connectivity index (χ4n) is 0.989. The van der Waals surface area contributed by atoms with E-state index in [1.54, 1.807) is 13.1 Å². The Morgan fingerprint density at radius 1 is 1.64 bits per heavy atom. The molecule has 0 aromatic carbocycles. The average molecular weight is 193 g/mol. The van der Waals surface area contributed by atoms with Gasteiger partial charge < -0.3 is 20.4 Å². The second-order valence-corrected chi connectivity index (χ2v) is 3.07. The molecular formula is C8H12BN3O2. The Kier molecular flexibility index (Phi) is 3.21. The van der Waals surface area contributed by atoms with Gasteiger partial charge in [0.05, 0.1) is 5.61 Å². The molecule has 0 fully saturated rings. The molecule has 14 heavy (non-hydrogen) atoms. The SMILES string of the molecule is C/C(=C/C(=N)B(O)O)c1ncc(C)[nH]1. The van der Waals surface area contributed by atoms with Crippen LogP contribution in [0.1, 0.15) is 18.4 Å². The number of H-pyrrole nitrogens is 1. The molecule has 0 aliphatic rings. The van der Waals surface area contributed by atoms with E-state index in [0.717, 1.165) is 5.69 Å². The quantitative estimate of drug-likeness (QED) is 0.406. The van der Waals surface area contributed by atoms with Gasteiger partial charge in [-0.3, -0.25) is 0 Å². The molecule has 1 rings (SSSR count). The minimum Gasteiger partial charge on any atom is -0.422 e. The lowest BCUT2D eigenvalue weighted by atomic mass is 9.82. The first kappa shape index (κ1) is 10.7. The normalized spacial score (nSPS) is 11.6. The summed E-state index contributed by atoms with van der Waals surface area (Å²) in [7, 11) is -1.74. The molecule has 0 spiro atoms. The molecule has 0 aliphatic carbocycles. The van der Waals surface area contributed by atoms with E-state index in [2.05, 4.69) is 9.97 Å². The number of nitrogens with zero attached hydrogens (tertiary/aromatic N) is 1. The van der Waals surface area contributed by atoms with Gasteiger partial charge in [0.15, 0.2) is 0 Å². The number of hydrogen-bond acceptors (Lipinski definition) is 4.